The average molecular weight is 255 g/mol. The highest BCUT2D eigenvalue weighted by atomic mass is 32.2. The summed E-state index contributed by atoms with van der Waals surface area (Å²) in [4.78, 5) is 20.7. The highest BCUT2D eigenvalue weighted by molar-refractivity contribution is 7.99. The maximum Gasteiger partial charge on any atom is 0.356 e. The van der Waals surface area contributed by atoms with Crippen LogP contribution in [0.3, 0.4) is 0 Å². The van der Waals surface area contributed by atoms with Gasteiger partial charge >= 0.3 is 5.97 Å². The third kappa shape index (κ3) is 3.23. The summed E-state index contributed by atoms with van der Waals surface area (Å²) in [5.74, 6) is 1.39. The number of hydrogen-bond acceptors (Lipinski definition) is 5. The van der Waals surface area contributed by atoms with Crippen molar-refractivity contribution in [3.05, 3.63) is 11.9 Å². The summed E-state index contributed by atoms with van der Waals surface area (Å²) in [6, 6.07) is 0. The van der Waals surface area contributed by atoms with Crippen LogP contribution in [0.4, 0.5) is 0 Å². The second-order valence-corrected chi connectivity index (χ2v) is 5.33. The Morgan fingerprint density at radius 2 is 2.59 bits per heavy atom. The van der Waals surface area contributed by atoms with Crippen LogP contribution in [0.5, 0.6) is 0 Å². The Kier molecular flexibility index (Phi) is 4.06. The van der Waals surface area contributed by atoms with E-state index in [-0.39, 0.29) is 5.97 Å². The van der Waals surface area contributed by atoms with Crippen LogP contribution < -0.4 is 0 Å². The lowest BCUT2D eigenvalue weighted by Crippen LogP contribution is -2.14. The van der Waals surface area contributed by atoms with Crippen LogP contribution in [0.2, 0.25) is 0 Å². The quantitative estimate of drug-likeness (QED) is 0.648. The highest BCUT2D eigenvalue weighted by Gasteiger charge is 2.20. The van der Waals surface area contributed by atoms with Gasteiger partial charge in [-0.3, -0.25) is 0 Å². The molecule has 1 aliphatic heterocycles. The Morgan fingerprint density at radius 3 is 3.24 bits per heavy atom. The predicted molar refractivity (Wildman–Crippen MR) is 66.3 cm³/mol. The maximum absolute atomic E-state index is 11.2. The lowest BCUT2D eigenvalue weighted by Gasteiger charge is -2.08. The number of methoxy groups -OCH3 is 1. The number of rotatable bonds is 4. The third-order valence-electron chi connectivity index (χ3n) is 2.90. The molecule has 0 radical (unpaired) electrons. The molecule has 1 aromatic rings. The van der Waals surface area contributed by atoms with Crippen LogP contribution in [0, 0.1) is 5.92 Å². The number of ether oxygens (including phenoxy) is 1. The molecule has 0 bridgehead atoms. The molecule has 0 aliphatic carbocycles. The molecule has 0 saturated carbocycles. The Bertz CT molecular complexity index is 394. The first-order valence-electron chi connectivity index (χ1n) is 5.63. The van der Waals surface area contributed by atoms with Gasteiger partial charge in [0.15, 0.2) is 5.16 Å². The molecule has 1 aromatic heterocycles. The number of carbonyl (C=O) groups excluding carboxylic acids is 1. The first-order valence-corrected chi connectivity index (χ1v) is 6.62. The molecule has 0 amide bonds. The van der Waals surface area contributed by atoms with Gasteiger partial charge in [0.2, 0.25) is 0 Å². The molecule has 1 aliphatic rings. The fourth-order valence-corrected chi connectivity index (χ4v) is 2.92. The number of aromatic nitrogens is 2. The van der Waals surface area contributed by atoms with Crippen LogP contribution in [0.1, 0.15) is 16.9 Å². The van der Waals surface area contributed by atoms with Gasteiger partial charge in [0.1, 0.15) is 5.69 Å². The highest BCUT2D eigenvalue weighted by Crippen LogP contribution is 2.23. The van der Waals surface area contributed by atoms with Crippen molar-refractivity contribution in [1.29, 1.82) is 0 Å². The number of esters is 1. The Labute approximate surface area is 105 Å². The van der Waals surface area contributed by atoms with E-state index in [4.69, 9.17) is 0 Å². The first-order chi connectivity index (χ1) is 8.19. The van der Waals surface area contributed by atoms with Gasteiger partial charge in [-0.25, -0.2) is 9.78 Å². The standard InChI is InChI=1S/C11H17N3O2S/c1-14-4-3-8(6-14)7-17-11-12-5-9(13-11)10(15)16-2/h5,8H,3-4,6-7H2,1-2H3,(H,12,13)/t8-/m0/s1. The molecule has 0 unspecified atom stereocenters. The lowest BCUT2D eigenvalue weighted by atomic mass is 10.2. The Hall–Kier alpha value is -1.01. The van der Waals surface area contributed by atoms with Crippen LogP contribution in [-0.2, 0) is 4.74 Å². The van der Waals surface area contributed by atoms with E-state index < -0.39 is 0 Å². The molecule has 2 rings (SSSR count). The van der Waals surface area contributed by atoms with Crippen LogP contribution in [0.25, 0.3) is 0 Å². The topological polar surface area (TPSA) is 58.2 Å². The molecule has 5 nitrogen and oxygen atoms in total. The van der Waals surface area contributed by atoms with Gasteiger partial charge in [0.05, 0.1) is 13.3 Å². The molecule has 1 atom stereocenters. The predicted octanol–water partition coefficient (Wildman–Crippen LogP) is 1.24. The molecule has 1 N–H and O–H groups in total. The van der Waals surface area contributed by atoms with Crippen LogP contribution in [-0.4, -0.2) is 53.8 Å². The molecule has 17 heavy (non-hydrogen) atoms. The Morgan fingerprint density at radius 1 is 1.76 bits per heavy atom. The molecule has 1 fully saturated rings. The number of nitrogens with one attached hydrogen (secondary N) is 1. The monoisotopic (exact) mass is 255 g/mol. The van der Waals surface area contributed by atoms with E-state index in [0.29, 0.717) is 5.69 Å². The number of nitrogens with zero attached hydrogens (tertiary/aromatic N) is 2. The number of aromatic amines is 1. The second kappa shape index (κ2) is 5.55. The zero-order chi connectivity index (χ0) is 12.3. The van der Waals surface area contributed by atoms with E-state index in [1.54, 1.807) is 11.8 Å². The fourth-order valence-electron chi connectivity index (χ4n) is 1.95. The molecular formula is C11H17N3O2S. The summed E-state index contributed by atoms with van der Waals surface area (Å²) in [6.45, 7) is 2.33. The van der Waals surface area contributed by atoms with Crippen molar-refractivity contribution in [1.82, 2.24) is 14.9 Å². The summed E-state index contributed by atoms with van der Waals surface area (Å²) in [5, 5.41) is 0.792. The number of thioether (sulfide) groups is 1. The van der Waals surface area contributed by atoms with Crippen molar-refractivity contribution >= 4 is 17.7 Å². The van der Waals surface area contributed by atoms with Crippen molar-refractivity contribution < 1.29 is 9.53 Å². The zero-order valence-electron chi connectivity index (χ0n) is 10.1. The molecule has 6 heteroatoms. The number of likely N-dealkylation sites (tertiary alicyclic amines) is 1. The largest absolute Gasteiger partial charge is 0.464 e. The van der Waals surface area contributed by atoms with E-state index in [0.717, 1.165) is 23.4 Å². The number of imidazole rings is 1. The van der Waals surface area contributed by atoms with Crippen molar-refractivity contribution in [2.45, 2.75) is 11.6 Å². The minimum Gasteiger partial charge on any atom is -0.464 e. The second-order valence-electron chi connectivity index (χ2n) is 4.32. The van der Waals surface area contributed by atoms with Crippen molar-refractivity contribution in [2.24, 2.45) is 5.92 Å². The number of hydrogen-bond donors (Lipinski definition) is 1. The molecule has 94 valence electrons. The Balaban J connectivity index is 1.83. The van der Waals surface area contributed by atoms with Gasteiger partial charge in [0.25, 0.3) is 0 Å². The van der Waals surface area contributed by atoms with E-state index in [2.05, 4.69) is 26.7 Å². The van der Waals surface area contributed by atoms with E-state index in [1.807, 2.05) is 0 Å². The van der Waals surface area contributed by atoms with Gasteiger partial charge in [-0.2, -0.15) is 0 Å². The third-order valence-corrected chi connectivity index (χ3v) is 4.02. The van der Waals surface area contributed by atoms with Gasteiger partial charge < -0.3 is 14.6 Å². The van der Waals surface area contributed by atoms with Gasteiger partial charge in [-0.05, 0) is 25.9 Å². The van der Waals surface area contributed by atoms with Crippen molar-refractivity contribution in [2.75, 3.05) is 33.0 Å². The summed E-state index contributed by atoms with van der Waals surface area (Å²) >= 11 is 1.67. The molecule has 2 heterocycles. The first kappa shape index (κ1) is 12.4. The fraction of sp³-hybridized carbons (Fsp3) is 0.636. The molecular weight excluding hydrogens is 238 g/mol. The van der Waals surface area contributed by atoms with Gasteiger partial charge in [0, 0.05) is 12.3 Å². The minimum atomic E-state index is -0.370. The molecule has 1 saturated heterocycles. The minimum absolute atomic E-state index is 0.370. The van der Waals surface area contributed by atoms with Crippen LogP contribution in [0.15, 0.2) is 11.4 Å². The van der Waals surface area contributed by atoms with E-state index in [9.17, 15) is 4.79 Å². The summed E-state index contributed by atoms with van der Waals surface area (Å²) in [7, 11) is 3.51. The lowest BCUT2D eigenvalue weighted by molar-refractivity contribution is 0.0594. The molecule has 0 spiro atoms. The SMILES string of the molecule is COC(=O)c1cnc(SC[C@H]2CCN(C)C2)[nH]1. The summed E-state index contributed by atoms with van der Waals surface area (Å²) in [6.07, 6.45) is 2.77. The van der Waals surface area contributed by atoms with Crippen LogP contribution >= 0.6 is 11.8 Å². The summed E-state index contributed by atoms with van der Waals surface area (Å²) < 4.78 is 4.62. The number of H-pyrrole nitrogens is 1. The van der Waals surface area contributed by atoms with Crippen molar-refractivity contribution in [3.8, 4) is 0 Å². The van der Waals surface area contributed by atoms with E-state index in [1.165, 1.54) is 26.3 Å². The number of carbonyl (C=O) groups is 1. The van der Waals surface area contributed by atoms with Crippen molar-refractivity contribution in [3.63, 3.8) is 0 Å². The normalized spacial score (nSPS) is 20.7. The molecule has 0 aromatic carbocycles. The zero-order valence-corrected chi connectivity index (χ0v) is 10.9. The van der Waals surface area contributed by atoms with E-state index >= 15 is 0 Å². The maximum atomic E-state index is 11.2. The van der Waals surface area contributed by atoms with Gasteiger partial charge in [-0.1, -0.05) is 11.8 Å². The smallest absolute Gasteiger partial charge is 0.356 e. The van der Waals surface area contributed by atoms with Gasteiger partial charge in [-0.15, -0.1) is 0 Å². The average Bonchev–Trinajstić information content (AvgIpc) is 2.94. The summed E-state index contributed by atoms with van der Waals surface area (Å²) in [5.41, 5.74) is 0.415.